The third kappa shape index (κ3) is 22.1. The van der Waals surface area contributed by atoms with Crippen LogP contribution in [0.2, 0.25) is 0 Å². The van der Waals surface area contributed by atoms with Crippen LogP contribution in [0.25, 0.3) is 0 Å². The van der Waals surface area contributed by atoms with E-state index in [1.807, 2.05) is 0 Å². The second kappa shape index (κ2) is 23.1. The molecule has 0 aliphatic rings. The van der Waals surface area contributed by atoms with E-state index in [0.29, 0.717) is 12.4 Å². The molecule has 158 valence electrons. The predicted molar refractivity (Wildman–Crippen MR) is 111 cm³/mol. The van der Waals surface area contributed by atoms with Gasteiger partial charge in [0.2, 0.25) is 0 Å². The molecule has 0 aliphatic carbocycles. The van der Waals surface area contributed by atoms with Crippen molar-refractivity contribution in [2.24, 2.45) is 0 Å². The number of nitrogens with one attached hydrogen (secondary N) is 2. The number of unbranched alkanes of at least 4 members (excludes halogenated alkanes) is 5. The van der Waals surface area contributed by atoms with Gasteiger partial charge in [-0.25, -0.2) is 0 Å². The summed E-state index contributed by atoms with van der Waals surface area (Å²) >= 11 is 5.52. The molecule has 3 N–H and O–H groups in total. The fraction of sp³-hybridized carbons (Fsp3) is 1.00. The van der Waals surface area contributed by atoms with Crippen molar-refractivity contribution in [3.8, 4) is 0 Å². The Morgan fingerprint density at radius 3 is 1.65 bits per heavy atom. The van der Waals surface area contributed by atoms with Gasteiger partial charge in [0.15, 0.2) is 0 Å². The van der Waals surface area contributed by atoms with Gasteiger partial charge in [0.1, 0.15) is 0 Å². The minimum atomic E-state index is -0.439. The molecule has 0 amide bonds. The quantitative estimate of drug-likeness (QED) is 0.194. The Kier molecular flexibility index (Phi) is 23.2. The van der Waals surface area contributed by atoms with E-state index in [-0.39, 0.29) is 0 Å². The largest absolute Gasteiger partial charge is 0.391 e. The van der Waals surface area contributed by atoms with E-state index in [4.69, 9.17) is 21.1 Å². The van der Waals surface area contributed by atoms with E-state index in [1.54, 1.807) is 0 Å². The van der Waals surface area contributed by atoms with Crippen LogP contribution >= 0.6 is 11.6 Å². The molecule has 0 saturated heterocycles. The molecule has 0 radical (unpaired) electrons. The van der Waals surface area contributed by atoms with Crippen LogP contribution in [0.3, 0.4) is 0 Å². The Balaban J connectivity index is 2.99. The van der Waals surface area contributed by atoms with Crippen LogP contribution in [-0.2, 0) is 9.47 Å². The molecule has 0 bridgehead atoms. The van der Waals surface area contributed by atoms with Gasteiger partial charge in [-0.05, 0) is 64.6 Å². The number of halogens is 1. The highest BCUT2D eigenvalue weighted by Gasteiger charge is 1.99. The third-order valence-corrected chi connectivity index (χ3v) is 4.48. The summed E-state index contributed by atoms with van der Waals surface area (Å²) in [6.07, 6.45) is 10.1. The standard InChI is InChI=1S/C20H43ClN2O3/c1-2-3-7-14-25-15-8-4-11-22-12-5-9-16-26-17-10-6-13-23-19-20(24)18-21/h20,22-24H,2-19H2,1H3. The fourth-order valence-electron chi connectivity index (χ4n) is 2.47. The van der Waals surface area contributed by atoms with Crippen LogP contribution in [0.4, 0.5) is 0 Å². The first-order valence-electron chi connectivity index (χ1n) is 10.6. The topological polar surface area (TPSA) is 62.8 Å². The van der Waals surface area contributed by atoms with Crippen LogP contribution < -0.4 is 10.6 Å². The second-order valence-corrected chi connectivity index (χ2v) is 7.12. The molecular formula is C20H43ClN2O3. The minimum Gasteiger partial charge on any atom is -0.391 e. The van der Waals surface area contributed by atoms with Crippen LogP contribution in [0, 0.1) is 0 Å². The van der Waals surface area contributed by atoms with Gasteiger partial charge in [0.05, 0.1) is 6.10 Å². The van der Waals surface area contributed by atoms with Gasteiger partial charge in [-0.15, -0.1) is 11.6 Å². The summed E-state index contributed by atoms with van der Waals surface area (Å²) in [5.41, 5.74) is 0. The van der Waals surface area contributed by atoms with Gasteiger partial charge in [-0.3, -0.25) is 0 Å². The molecule has 26 heavy (non-hydrogen) atoms. The number of alkyl halides is 1. The van der Waals surface area contributed by atoms with E-state index in [9.17, 15) is 5.11 Å². The number of aliphatic hydroxyl groups excluding tert-OH is 1. The van der Waals surface area contributed by atoms with Gasteiger partial charge in [-0.1, -0.05) is 19.8 Å². The van der Waals surface area contributed by atoms with Crippen LogP contribution in [0.1, 0.15) is 64.7 Å². The number of hydrogen-bond donors (Lipinski definition) is 3. The van der Waals surface area contributed by atoms with E-state index in [0.717, 1.165) is 71.7 Å². The van der Waals surface area contributed by atoms with E-state index in [1.165, 1.54) is 32.1 Å². The summed E-state index contributed by atoms with van der Waals surface area (Å²) in [7, 11) is 0. The van der Waals surface area contributed by atoms with Crippen molar-refractivity contribution in [1.29, 1.82) is 0 Å². The first-order chi connectivity index (χ1) is 12.8. The SMILES string of the molecule is CCCCCOCCCCNCCCCOCCCCNCC(O)CCl. The minimum absolute atomic E-state index is 0.290. The van der Waals surface area contributed by atoms with Crippen LogP contribution in [0.5, 0.6) is 0 Å². The summed E-state index contributed by atoms with van der Waals surface area (Å²) in [6.45, 7) is 9.37. The van der Waals surface area contributed by atoms with Crippen LogP contribution in [-0.4, -0.2) is 69.7 Å². The normalized spacial score (nSPS) is 12.6. The van der Waals surface area contributed by atoms with E-state index in [2.05, 4.69) is 17.6 Å². The monoisotopic (exact) mass is 394 g/mol. The lowest BCUT2D eigenvalue weighted by molar-refractivity contribution is 0.125. The smallest absolute Gasteiger partial charge is 0.0799 e. The second-order valence-electron chi connectivity index (χ2n) is 6.82. The maximum absolute atomic E-state index is 9.28. The summed E-state index contributed by atoms with van der Waals surface area (Å²) in [6, 6.07) is 0. The average molecular weight is 395 g/mol. The van der Waals surface area contributed by atoms with Crippen molar-refractivity contribution < 1.29 is 14.6 Å². The molecule has 0 aliphatic heterocycles. The fourth-order valence-corrected chi connectivity index (χ4v) is 2.58. The predicted octanol–water partition coefficient (Wildman–Crippen LogP) is 3.33. The maximum atomic E-state index is 9.28. The summed E-state index contributed by atoms with van der Waals surface area (Å²) in [4.78, 5) is 0. The molecule has 0 aromatic rings. The van der Waals surface area contributed by atoms with Crippen molar-refractivity contribution in [2.45, 2.75) is 70.8 Å². The summed E-state index contributed by atoms with van der Waals surface area (Å²) in [5, 5.41) is 16.0. The average Bonchev–Trinajstić information content (AvgIpc) is 2.66. The van der Waals surface area contributed by atoms with E-state index >= 15 is 0 Å². The number of aliphatic hydroxyl groups is 1. The van der Waals surface area contributed by atoms with E-state index < -0.39 is 6.10 Å². The zero-order valence-electron chi connectivity index (χ0n) is 16.9. The highest BCUT2D eigenvalue weighted by molar-refractivity contribution is 6.18. The van der Waals surface area contributed by atoms with Gasteiger partial charge in [0, 0.05) is 38.9 Å². The van der Waals surface area contributed by atoms with Gasteiger partial charge in [0.25, 0.3) is 0 Å². The molecule has 1 unspecified atom stereocenters. The zero-order chi connectivity index (χ0) is 19.1. The molecule has 0 heterocycles. The molecule has 5 nitrogen and oxygen atoms in total. The lowest BCUT2D eigenvalue weighted by atomic mass is 10.2. The lowest BCUT2D eigenvalue weighted by Gasteiger charge is -2.09. The molecule has 6 heteroatoms. The molecule has 0 aromatic carbocycles. The Labute approximate surface area is 166 Å². The first-order valence-corrected chi connectivity index (χ1v) is 11.2. The molecule has 0 aromatic heterocycles. The van der Waals surface area contributed by atoms with Gasteiger partial charge in [-0.2, -0.15) is 0 Å². The van der Waals surface area contributed by atoms with Gasteiger partial charge < -0.3 is 25.2 Å². The molecule has 1 atom stereocenters. The molecular weight excluding hydrogens is 352 g/mol. The van der Waals surface area contributed by atoms with Gasteiger partial charge >= 0.3 is 0 Å². The molecule has 0 spiro atoms. The van der Waals surface area contributed by atoms with Crippen molar-refractivity contribution in [1.82, 2.24) is 10.6 Å². The zero-order valence-corrected chi connectivity index (χ0v) is 17.7. The van der Waals surface area contributed by atoms with Crippen molar-refractivity contribution in [2.75, 3.05) is 58.5 Å². The first kappa shape index (κ1) is 26.1. The third-order valence-electron chi connectivity index (χ3n) is 4.13. The highest BCUT2D eigenvalue weighted by Crippen LogP contribution is 1.97. The Hall–Kier alpha value is 0.0900. The summed E-state index contributed by atoms with van der Waals surface area (Å²) in [5.74, 6) is 0.290. The Morgan fingerprint density at radius 2 is 1.19 bits per heavy atom. The van der Waals surface area contributed by atoms with Crippen LogP contribution in [0.15, 0.2) is 0 Å². The Bertz CT molecular complexity index is 261. The Morgan fingerprint density at radius 1 is 0.731 bits per heavy atom. The van der Waals surface area contributed by atoms with Crippen molar-refractivity contribution >= 4 is 11.6 Å². The van der Waals surface area contributed by atoms with Crippen molar-refractivity contribution in [3.05, 3.63) is 0 Å². The lowest BCUT2D eigenvalue weighted by Crippen LogP contribution is -2.28. The number of ether oxygens (including phenoxy) is 2. The molecule has 0 rings (SSSR count). The number of rotatable bonds is 22. The summed E-state index contributed by atoms with van der Waals surface area (Å²) < 4.78 is 11.2. The maximum Gasteiger partial charge on any atom is 0.0799 e. The molecule has 0 fully saturated rings. The van der Waals surface area contributed by atoms with Crippen molar-refractivity contribution in [3.63, 3.8) is 0 Å². The highest BCUT2D eigenvalue weighted by atomic mass is 35.5. The molecule has 0 saturated carbocycles. The number of hydrogen-bond acceptors (Lipinski definition) is 5.